The van der Waals surface area contributed by atoms with Gasteiger partial charge in [-0.25, -0.2) is 0 Å². The van der Waals surface area contributed by atoms with Crippen LogP contribution in [0.25, 0.3) is 0 Å². The maximum Gasteiger partial charge on any atom is 0.323 e. The SMILES string of the molecule is CCCCCCCCC=CCCCCCCCCOCCOCCOCCOCCOCCOCCOCCOCCOCCOCCOC(=O)CS(=O)(=O)O. The number of ether oxygens (including phenoxy) is 11. The molecule has 0 unspecified atom stereocenters. The van der Waals surface area contributed by atoms with Crippen LogP contribution in [0.1, 0.15) is 96.8 Å². The Bertz CT molecular complexity index is 923. The molecule has 0 aromatic rings. The highest BCUT2D eigenvalue weighted by molar-refractivity contribution is 7.86. The number of allylic oxidation sites excluding steroid dienone is 2. The predicted molar refractivity (Wildman–Crippen MR) is 215 cm³/mol. The standard InChI is InChI=1S/C40H78O15S/c1-2-3-4-5-6-7-8-9-10-11-12-13-14-15-16-17-18-45-19-20-46-21-22-47-23-24-48-25-26-49-27-28-50-29-30-51-31-32-52-33-34-53-35-36-54-37-38-55-40(41)39-56(42,43)44/h9-10H,2-8,11-39H2,1H3,(H,42,43,44). The molecule has 0 rings (SSSR count). The molecule has 0 fully saturated rings. The molecule has 0 aliphatic rings. The first-order valence-corrected chi connectivity index (χ1v) is 22.6. The van der Waals surface area contributed by atoms with E-state index >= 15 is 0 Å². The van der Waals surface area contributed by atoms with E-state index in [2.05, 4.69) is 23.8 Å². The second kappa shape index (κ2) is 46.4. The lowest BCUT2D eigenvalue weighted by molar-refractivity contribution is -0.142. The summed E-state index contributed by atoms with van der Waals surface area (Å²) < 4.78 is 88.8. The van der Waals surface area contributed by atoms with E-state index in [0.29, 0.717) is 112 Å². The van der Waals surface area contributed by atoms with Crippen molar-refractivity contribution in [2.45, 2.75) is 96.8 Å². The molecule has 0 spiro atoms. The minimum absolute atomic E-state index is 0.0873. The summed E-state index contributed by atoms with van der Waals surface area (Å²) in [7, 11) is -4.39. The van der Waals surface area contributed by atoms with Crippen molar-refractivity contribution >= 4 is 16.1 Å². The number of hydrogen-bond donors (Lipinski definition) is 1. The maximum atomic E-state index is 11.1. The van der Waals surface area contributed by atoms with Crippen LogP contribution in [0.3, 0.4) is 0 Å². The number of unbranched alkanes of at least 4 members (excludes halogenated alkanes) is 12. The summed E-state index contributed by atoms with van der Waals surface area (Å²) >= 11 is 0. The van der Waals surface area contributed by atoms with Crippen LogP contribution in [0.15, 0.2) is 12.2 Å². The van der Waals surface area contributed by atoms with Gasteiger partial charge in [-0.3, -0.25) is 9.35 Å². The van der Waals surface area contributed by atoms with Crippen molar-refractivity contribution in [1.29, 1.82) is 0 Å². The van der Waals surface area contributed by atoms with Crippen LogP contribution in [-0.2, 0) is 67.0 Å². The van der Waals surface area contributed by atoms with Crippen molar-refractivity contribution in [2.24, 2.45) is 0 Å². The van der Waals surface area contributed by atoms with Gasteiger partial charge in [-0.2, -0.15) is 8.42 Å². The number of esters is 1. The third-order valence-electron chi connectivity index (χ3n) is 7.94. The Hall–Kier alpha value is -1.28. The average Bonchev–Trinajstić information content (AvgIpc) is 3.17. The summed E-state index contributed by atoms with van der Waals surface area (Å²) in [5.74, 6) is -2.11. The molecule has 334 valence electrons. The van der Waals surface area contributed by atoms with Gasteiger partial charge in [0.1, 0.15) is 6.61 Å². The Labute approximate surface area is 338 Å². The number of carbonyl (C=O) groups is 1. The molecule has 0 aliphatic heterocycles. The summed E-state index contributed by atoms with van der Waals surface area (Å²) in [6.07, 6.45) is 23.1. The zero-order chi connectivity index (χ0) is 40.7. The third-order valence-corrected chi connectivity index (χ3v) is 8.54. The normalized spacial score (nSPS) is 12.0. The van der Waals surface area contributed by atoms with E-state index < -0.39 is 21.8 Å². The Morgan fingerprint density at radius 3 is 0.982 bits per heavy atom. The summed E-state index contributed by atoms with van der Waals surface area (Å²) in [5, 5.41) is 0. The van der Waals surface area contributed by atoms with Crippen LogP contribution in [0.2, 0.25) is 0 Å². The predicted octanol–water partition coefficient (Wildman–Crippen LogP) is 5.62. The topological polar surface area (TPSA) is 173 Å². The minimum atomic E-state index is -4.39. The fourth-order valence-corrected chi connectivity index (χ4v) is 5.32. The molecular formula is C40H78O15S. The van der Waals surface area contributed by atoms with Crippen LogP contribution in [0, 0.1) is 0 Å². The van der Waals surface area contributed by atoms with Gasteiger partial charge in [0.05, 0.1) is 126 Å². The Morgan fingerprint density at radius 1 is 0.393 bits per heavy atom. The van der Waals surface area contributed by atoms with E-state index in [1.54, 1.807) is 0 Å². The van der Waals surface area contributed by atoms with Gasteiger partial charge < -0.3 is 52.1 Å². The molecule has 1 N–H and O–H groups in total. The third kappa shape index (κ3) is 50.7. The highest BCUT2D eigenvalue weighted by Gasteiger charge is 2.13. The fraction of sp³-hybridized carbons (Fsp3) is 0.925. The fourth-order valence-electron chi connectivity index (χ4n) is 4.94. The molecule has 0 aliphatic carbocycles. The summed E-state index contributed by atoms with van der Waals surface area (Å²) in [6, 6.07) is 0. The van der Waals surface area contributed by atoms with E-state index in [9.17, 15) is 13.2 Å². The van der Waals surface area contributed by atoms with Crippen molar-refractivity contribution in [1.82, 2.24) is 0 Å². The van der Waals surface area contributed by atoms with Crippen molar-refractivity contribution in [3.63, 3.8) is 0 Å². The van der Waals surface area contributed by atoms with Gasteiger partial charge in [0, 0.05) is 6.61 Å². The van der Waals surface area contributed by atoms with E-state index in [-0.39, 0.29) is 19.8 Å². The van der Waals surface area contributed by atoms with Gasteiger partial charge in [-0.1, -0.05) is 76.9 Å². The molecule has 0 saturated heterocycles. The molecule has 0 saturated carbocycles. The minimum Gasteiger partial charge on any atom is -0.462 e. The molecule has 0 bridgehead atoms. The van der Waals surface area contributed by atoms with Gasteiger partial charge in [0.2, 0.25) is 0 Å². The van der Waals surface area contributed by atoms with Crippen molar-refractivity contribution in [3.05, 3.63) is 12.2 Å². The second-order valence-electron chi connectivity index (χ2n) is 13.0. The first-order valence-electron chi connectivity index (χ1n) is 21.0. The average molecular weight is 831 g/mol. The molecule has 0 aromatic carbocycles. The monoisotopic (exact) mass is 831 g/mol. The van der Waals surface area contributed by atoms with Gasteiger partial charge >= 0.3 is 5.97 Å². The van der Waals surface area contributed by atoms with Crippen LogP contribution in [0.4, 0.5) is 0 Å². The molecule has 0 aromatic heterocycles. The van der Waals surface area contributed by atoms with Gasteiger partial charge in [-0.15, -0.1) is 0 Å². The van der Waals surface area contributed by atoms with Crippen LogP contribution >= 0.6 is 0 Å². The van der Waals surface area contributed by atoms with Crippen molar-refractivity contribution in [2.75, 3.05) is 144 Å². The molecule has 0 amide bonds. The smallest absolute Gasteiger partial charge is 0.323 e. The zero-order valence-corrected chi connectivity index (χ0v) is 35.5. The maximum absolute atomic E-state index is 11.1. The van der Waals surface area contributed by atoms with Crippen LogP contribution in [-0.4, -0.2) is 163 Å². The lowest BCUT2D eigenvalue weighted by atomic mass is 10.1. The Kier molecular flexibility index (Phi) is 45.3. The molecule has 0 atom stereocenters. The summed E-state index contributed by atoms with van der Waals surface area (Å²) in [5.41, 5.74) is 0. The highest BCUT2D eigenvalue weighted by atomic mass is 32.2. The number of carbonyl (C=O) groups excluding carboxylic acids is 1. The Balaban J connectivity index is 3.11. The second-order valence-corrected chi connectivity index (χ2v) is 14.5. The summed E-state index contributed by atoms with van der Waals surface area (Å²) in [6.45, 7) is 11.6. The lowest BCUT2D eigenvalue weighted by Gasteiger charge is -2.09. The van der Waals surface area contributed by atoms with E-state index in [4.69, 9.17) is 51.9 Å². The van der Waals surface area contributed by atoms with Gasteiger partial charge in [0.15, 0.2) is 5.75 Å². The van der Waals surface area contributed by atoms with Gasteiger partial charge in [-0.05, 0) is 32.1 Å². The lowest BCUT2D eigenvalue weighted by Crippen LogP contribution is -2.20. The van der Waals surface area contributed by atoms with Crippen LogP contribution in [0.5, 0.6) is 0 Å². The van der Waals surface area contributed by atoms with E-state index in [0.717, 1.165) is 13.0 Å². The number of rotatable bonds is 48. The van der Waals surface area contributed by atoms with E-state index in [1.165, 1.54) is 83.5 Å². The highest BCUT2D eigenvalue weighted by Crippen LogP contribution is 2.10. The zero-order valence-electron chi connectivity index (χ0n) is 34.7. The molecule has 16 heteroatoms. The molecule has 0 heterocycles. The molecule has 56 heavy (non-hydrogen) atoms. The van der Waals surface area contributed by atoms with Crippen LogP contribution < -0.4 is 0 Å². The molecule has 0 radical (unpaired) electrons. The molecular weight excluding hydrogens is 752 g/mol. The number of hydrogen-bond acceptors (Lipinski definition) is 14. The molecule has 15 nitrogen and oxygen atoms in total. The van der Waals surface area contributed by atoms with Gasteiger partial charge in [0.25, 0.3) is 10.1 Å². The van der Waals surface area contributed by atoms with E-state index in [1.807, 2.05) is 0 Å². The first kappa shape index (κ1) is 54.7. The quantitative estimate of drug-likeness (QED) is 0.0346. The van der Waals surface area contributed by atoms with Crippen molar-refractivity contribution in [3.8, 4) is 0 Å². The largest absolute Gasteiger partial charge is 0.462 e. The Morgan fingerprint density at radius 2 is 0.661 bits per heavy atom. The van der Waals surface area contributed by atoms with Crippen molar-refractivity contribution < 1.29 is 69.9 Å². The first-order chi connectivity index (χ1) is 27.5. The summed E-state index contributed by atoms with van der Waals surface area (Å²) in [4.78, 5) is 11.1.